The summed E-state index contributed by atoms with van der Waals surface area (Å²) in [4.78, 5) is 24.7. The minimum absolute atomic E-state index is 0.280. The second-order valence-electron chi connectivity index (χ2n) is 7.18. The largest absolute Gasteiger partial charge is 0.495 e. The molecule has 0 saturated carbocycles. The van der Waals surface area contributed by atoms with Crippen molar-refractivity contribution in [3.63, 3.8) is 0 Å². The van der Waals surface area contributed by atoms with Crippen molar-refractivity contribution in [2.75, 3.05) is 12.4 Å². The summed E-state index contributed by atoms with van der Waals surface area (Å²) in [7, 11) is 1.49. The van der Waals surface area contributed by atoms with Gasteiger partial charge in [-0.15, -0.1) is 0 Å². The monoisotopic (exact) mass is 426 g/mol. The molecule has 7 nitrogen and oxygen atoms in total. The summed E-state index contributed by atoms with van der Waals surface area (Å²) < 4.78 is 7.17. The number of aromatic nitrogens is 2. The Labute approximate surface area is 185 Å². The van der Waals surface area contributed by atoms with Crippen LogP contribution < -0.4 is 15.8 Å². The van der Waals surface area contributed by atoms with Crippen molar-refractivity contribution in [1.82, 2.24) is 9.78 Å². The fourth-order valence-corrected chi connectivity index (χ4v) is 3.45. The highest BCUT2D eigenvalue weighted by molar-refractivity contribution is 6.09. The van der Waals surface area contributed by atoms with Crippen molar-refractivity contribution in [3.05, 3.63) is 102 Å². The van der Waals surface area contributed by atoms with E-state index in [-0.39, 0.29) is 11.5 Å². The normalized spacial score (nSPS) is 10.5. The van der Waals surface area contributed by atoms with Crippen molar-refractivity contribution in [1.29, 1.82) is 0 Å². The van der Waals surface area contributed by atoms with Gasteiger partial charge in [-0.2, -0.15) is 5.10 Å². The molecule has 1 aromatic heterocycles. The van der Waals surface area contributed by atoms with Crippen LogP contribution in [0.2, 0.25) is 0 Å². The van der Waals surface area contributed by atoms with Crippen LogP contribution in [0.1, 0.15) is 26.3 Å². The van der Waals surface area contributed by atoms with Crippen LogP contribution in [0, 0.1) is 0 Å². The number of benzene rings is 3. The maximum absolute atomic E-state index is 13.1. The highest BCUT2D eigenvalue weighted by Crippen LogP contribution is 2.29. The van der Waals surface area contributed by atoms with Crippen LogP contribution in [-0.4, -0.2) is 28.7 Å². The quantitative estimate of drug-likeness (QED) is 0.467. The topological polar surface area (TPSA) is 99.2 Å². The van der Waals surface area contributed by atoms with Crippen LogP contribution in [-0.2, 0) is 6.54 Å². The van der Waals surface area contributed by atoms with E-state index in [9.17, 15) is 9.59 Å². The summed E-state index contributed by atoms with van der Waals surface area (Å²) in [6.45, 7) is 0.672. The number of carbonyl (C=O) groups is 2. The number of ether oxygens (including phenoxy) is 1. The third-order valence-electron chi connectivity index (χ3n) is 5.07. The van der Waals surface area contributed by atoms with Gasteiger partial charge in [0.05, 0.1) is 19.3 Å². The molecule has 0 unspecified atom stereocenters. The zero-order chi connectivity index (χ0) is 22.5. The maximum Gasteiger partial charge on any atom is 0.256 e. The van der Waals surface area contributed by atoms with E-state index in [1.807, 2.05) is 59.4 Å². The third-order valence-corrected chi connectivity index (χ3v) is 5.07. The Morgan fingerprint density at radius 3 is 2.50 bits per heavy atom. The first-order valence-corrected chi connectivity index (χ1v) is 10.00. The molecule has 0 aliphatic carbocycles. The van der Waals surface area contributed by atoms with Gasteiger partial charge in [-0.05, 0) is 47.0 Å². The predicted octanol–water partition coefficient (Wildman–Crippen LogP) is 3.96. The van der Waals surface area contributed by atoms with Crippen molar-refractivity contribution in [2.24, 2.45) is 5.73 Å². The number of hydrogen-bond acceptors (Lipinski definition) is 4. The average molecular weight is 426 g/mol. The summed E-state index contributed by atoms with van der Waals surface area (Å²) in [5.41, 5.74) is 9.34. The first-order valence-electron chi connectivity index (χ1n) is 10.00. The van der Waals surface area contributed by atoms with Crippen LogP contribution in [0.25, 0.3) is 11.1 Å². The number of methoxy groups -OCH3 is 1. The number of hydrogen-bond donors (Lipinski definition) is 2. The Kier molecular flexibility index (Phi) is 5.98. The molecule has 0 aliphatic rings. The molecule has 0 saturated heterocycles. The number of carbonyl (C=O) groups excluding carboxylic acids is 2. The van der Waals surface area contributed by atoms with Crippen LogP contribution >= 0.6 is 0 Å². The molecular weight excluding hydrogens is 404 g/mol. The molecule has 0 fully saturated rings. The molecule has 160 valence electrons. The first-order chi connectivity index (χ1) is 15.5. The summed E-state index contributed by atoms with van der Waals surface area (Å²) in [5, 5.41) is 7.07. The number of nitrogens with one attached hydrogen (secondary N) is 1. The summed E-state index contributed by atoms with van der Waals surface area (Å²) in [5.74, 6) is -0.469. The number of anilines is 1. The van der Waals surface area contributed by atoms with Crippen molar-refractivity contribution >= 4 is 17.5 Å². The molecule has 7 heteroatoms. The van der Waals surface area contributed by atoms with Gasteiger partial charge in [0.1, 0.15) is 5.75 Å². The Balaban J connectivity index is 1.60. The maximum atomic E-state index is 13.1. The Morgan fingerprint density at radius 1 is 1.03 bits per heavy atom. The zero-order valence-corrected chi connectivity index (χ0v) is 17.5. The van der Waals surface area contributed by atoms with Crippen molar-refractivity contribution in [3.8, 4) is 16.9 Å². The lowest BCUT2D eigenvalue weighted by atomic mass is 9.98. The highest BCUT2D eigenvalue weighted by atomic mass is 16.5. The standard InChI is InChI=1S/C25H22N4O3/c1-32-23-12-11-19(24(26)30)15-22(23)28-25(31)21-6-3-2-5-20(21)18-9-7-17(8-10-18)16-29-14-4-13-27-29/h2-15H,16H2,1H3,(H2,26,30)(H,28,31). The molecule has 0 aliphatic heterocycles. The summed E-state index contributed by atoms with van der Waals surface area (Å²) in [6, 6.07) is 21.9. The molecule has 3 aromatic carbocycles. The van der Waals surface area contributed by atoms with Crippen LogP contribution in [0.3, 0.4) is 0 Å². The number of amides is 2. The van der Waals surface area contributed by atoms with Gasteiger partial charge < -0.3 is 15.8 Å². The SMILES string of the molecule is COc1ccc(C(N)=O)cc1NC(=O)c1ccccc1-c1ccc(Cn2cccn2)cc1. The van der Waals surface area contributed by atoms with Gasteiger partial charge in [0.15, 0.2) is 0 Å². The molecule has 4 aromatic rings. The van der Waals surface area contributed by atoms with E-state index in [1.165, 1.54) is 13.2 Å². The van der Waals surface area contributed by atoms with E-state index < -0.39 is 5.91 Å². The van der Waals surface area contributed by atoms with E-state index in [4.69, 9.17) is 10.5 Å². The van der Waals surface area contributed by atoms with Crippen LogP contribution in [0.5, 0.6) is 5.75 Å². The summed E-state index contributed by atoms with van der Waals surface area (Å²) in [6.07, 6.45) is 3.66. The van der Waals surface area contributed by atoms with Gasteiger partial charge in [-0.25, -0.2) is 0 Å². The van der Waals surface area contributed by atoms with E-state index in [0.717, 1.165) is 16.7 Å². The lowest BCUT2D eigenvalue weighted by Gasteiger charge is -2.14. The lowest BCUT2D eigenvalue weighted by molar-refractivity contribution is 0.0996. The fraction of sp³-hybridized carbons (Fsp3) is 0.0800. The molecule has 3 N–H and O–H groups in total. The molecule has 0 bridgehead atoms. The van der Waals surface area contributed by atoms with E-state index in [0.29, 0.717) is 23.5 Å². The molecule has 0 radical (unpaired) electrons. The van der Waals surface area contributed by atoms with Gasteiger partial charge in [0.2, 0.25) is 5.91 Å². The Hall–Kier alpha value is -4.39. The highest BCUT2D eigenvalue weighted by Gasteiger charge is 2.16. The molecule has 1 heterocycles. The third kappa shape index (κ3) is 4.52. The number of nitrogens with two attached hydrogens (primary N) is 1. The minimum Gasteiger partial charge on any atom is -0.495 e. The molecule has 0 atom stereocenters. The van der Waals surface area contributed by atoms with Crippen LogP contribution in [0.4, 0.5) is 5.69 Å². The molecule has 4 rings (SSSR count). The second kappa shape index (κ2) is 9.18. The predicted molar refractivity (Wildman–Crippen MR) is 123 cm³/mol. The average Bonchev–Trinajstić information content (AvgIpc) is 3.32. The molecule has 0 spiro atoms. The number of nitrogens with zero attached hydrogens (tertiary/aromatic N) is 2. The van der Waals surface area contributed by atoms with Gasteiger partial charge >= 0.3 is 0 Å². The fourth-order valence-electron chi connectivity index (χ4n) is 3.45. The minimum atomic E-state index is -0.584. The van der Waals surface area contributed by atoms with Crippen LogP contribution in [0.15, 0.2) is 85.2 Å². The van der Waals surface area contributed by atoms with E-state index >= 15 is 0 Å². The lowest BCUT2D eigenvalue weighted by Crippen LogP contribution is -2.16. The summed E-state index contributed by atoms with van der Waals surface area (Å²) >= 11 is 0. The first kappa shape index (κ1) is 20.9. The smallest absolute Gasteiger partial charge is 0.256 e. The molecule has 2 amide bonds. The number of primary amides is 1. The molecule has 32 heavy (non-hydrogen) atoms. The van der Waals surface area contributed by atoms with Gasteiger partial charge in [-0.1, -0.05) is 42.5 Å². The van der Waals surface area contributed by atoms with E-state index in [2.05, 4.69) is 10.4 Å². The second-order valence-corrected chi connectivity index (χ2v) is 7.18. The van der Waals surface area contributed by atoms with Gasteiger partial charge in [0.25, 0.3) is 5.91 Å². The Morgan fingerprint density at radius 2 is 1.81 bits per heavy atom. The van der Waals surface area contributed by atoms with Gasteiger partial charge in [0, 0.05) is 23.5 Å². The molecular formula is C25H22N4O3. The van der Waals surface area contributed by atoms with Crippen molar-refractivity contribution < 1.29 is 14.3 Å². The van der Waals surface area contributed by atoms with Gasteiger partial charge in [-0.3, -0.25) is 14.3 Å². The van der Waals surface area contributed by atoms with Crippen molar-refractivity contribution in [2.45, 2.75) is 6.54 Å². The zero-order valence-electron chi connectivity index (χ0n) is 17.5. The van der Waals surface area contributed by atoms with E-state index in [1.54, 1.807) is 24.4 Å². The Bertz CT molecular complexity index is 1250. The number of rotatable bonds is 7.